The van der Waals surface area contributed by atoms with E-state index in [2.05, 4.69) is 15.6 Å². The molecular weight excluding hydrogens is 306 g/mol. The predicted octanol–water partition coefficient (Wildman–Crippen LogP) is 2.67. The van der Waals surface area contributed by atoms with Gasteiger partial charge in [-0.3, -0.25) is 4.98 Å². The molecule has 1 unspecified atom stereocenters. The Labute approximate surface area is 134 Å². The van der Waals surface area contributed by atoms with Gasteiger partial charge in [0.05, 0.1) is 10.4 Å². The maximum absolute atomic E-state index is 11.4. The van der Waals surface area contributed by atoms with Crippen LogP contribution in [0.25, 0.3) is 0 Å². The zero-order chi connectivity index (χ0) is 16.2. The lowest BCUT2D eigenvalue weighted by atomic mass is 10.3. The summed E-state index contributed by atoms with van der Waals surface area (Å²) in [5.41, 5.74) is 1.69. The van der Waals surface area contributed by atoms with Gasteiger partial charge >= 0.3 is 12.2 Å². The van der Waals surface area contributed by atoms with E-state index in [9.17, 15) is 9.59 Å². The lowest BCUT2D eigenvalue weighted by Crippen LogP contribution is -2.29. The molecule has 1 atom stereocenters. The summed E-state index contributed by atoms with van der Waals surface area (Å²) in [5.74, 6) is 0. The smallest absolute Gasteiger partial charge is 0.407 e. The van der Waals surface area contributed by atoms with E-state index in [1.54, 1.807) is 11.7 Å². The SMILES string of the molecule is CCC(C)OC(=O)NCCCCNC(=O)OCc1cncs1. The molecule has 1 aromatic heterocycles. The molecule has 0 fully saturated rings. The molecule has 0 radical (unpaired) electrons. The first-order valence-corrected chi connectivity index (χ1v) is 8.22. The second-order valence-electron chi connectivity index (χ2n) is 4.73. The van der Waals surface area contributed by atoms with Crippen molar-refractivity contribution in [3.05, 3.63) is 16.6 Å². The molecule has 0 aliphatic carbocycles. The van der Waals surface area contributed by atoms with Gasteiger partial charge < -0.3 is 20.1 Å². The molecule has 1 heterocycles. The number of aromatic nitrogens is 1. The molecule has 7 nitrogen and oxygen atoms in total. The van der Waals surface area contributed by atoms with E-state index >= 15 is 0 Å². The van der Waals surface area contributed by atoms with Crippen molar-refractivity contribution in [1.82, 2.24) is 15.6 Å². The fraction of sp³-hybridized carbons (Fsp3) is 0.643. The van der Waals surface area contributed by atoms with Crippen molar-refractivity contribution in [2.24, 2.45) is 0 Å². The summed E-state index contributed by atoms with van der Waals surface area (Å²) in [5, 5.41) is 5.32. The average Bonchev–Trinajstić information content (AvgIpc) is 3.01. The largest absolute Gasteiger partial charge is 0.447 e. The Morgan fingerprint density at radius 3 is 2.55 bits per heavy atom. The van der Waals surface area contributed by atoms with Crippen molar-refractivity contribution in [1.29, 1.82) is 0 Å². The predicted molar refractivity (Wildman–Crippen MR) is 83.8 cm³/mol. The van der Waals surface area contributed by atoms with Crippen molar-refractivity contribution in [2.75, 3.05) is 13.1 Å². The second-order valence-corrected chi connectivity index (χ2v) is 5.70. The molecule has 0 aromatic carbocycles. The Bertz CT molecular complexity index is 439. The first kappa shape index (κ1) is 18.2. The van der Waals surface area contributed by atoms with Gasteiger partial charge in [0.15, 0.2) is 0 Å². The molecule has 0 aliphatic rings. The minimum Gasteiger partial charge on any atom is -0.447 e. The van der Waals surface area contributed by atoms with E-state index < -0.39 is 12.2 Å². The number of hydrogen-bond donors (Lipinski definition) is 2. The Morgan fingerprint density at radius 2 is 1.95 bits per heavy atom. The summed E-state index contributed by atoms with van der Waals surface area (Å²) in [6.07, 6.45) is 3.05. The summed E-state index contributed by atoms with van der Waals surface area (Å²) in [7, 11) is 0. The van der Waals surface area contributed by atoms with Gasteiger partial charge in [-0.15, -0.1) is 11.3 Å². The number of unbranched alkanes of at least 4 members (excludes halogenated alkanes) is 1. The fourth-order valence-electron chi connectivity index (χ4n) is 1.44. The van der Waals surface area contributed by atoms with E-state index in [0.29, 0.717) is 13.1 Å². The summed E-state index contributed by atoms with van der Waals surface area (Å²) < 4.78 is 10.1. The van der Waals surface area contributed by atoms with Crippen molar-refractivity contribution >= 4 is 23.5 Å². The lowest BCUT2D eigenvalue weighted by Gasteiger charge is -2.11. The molecule has 0 spiro atoms. The number of carbonyl (C=O) groups excluding carboxylic acids is 2. The average molecular weight is 329 g/mol. The zero-order valence-electron chi connectivity index (χ0n) is 13.0. The number of rotatable bonds is 9. The summed E-state index contributed by atoms with van der Waals surface area (Å²) in [6.45, 7) is 5.06. The third-order valence-electron chi connectivity index (χ3n) is 2.85. The van der Waals surface area contributed by atoms with E-state index in [1.165, 1.54) is 11.3 Å². The summed E-state index contributed by atoms with van der Waals surface area (Å²) >= 11 is 1.44. The molecule has 0 saturated heterocycles. The normalized spacial score (nSPS) is 11.5. The van der Waals surface area contributed by atoms with E-state index in [1.807, 2.05) is 13.8 Å². The summed E-state index contributed by atoms with van der Waals surface area (Å²) in [4.78, 5) is 27.5. The number of alkyl carbamates (subject to hydrolysis) is 2. The molecule has 8 heteroatoms. The Kier molecular flexibility index (Phi) is 8.97. The van der Waals surface area contributed by atoms with Crippen LogP contribution >= 0.6 is 11.3 Å². The highest BCUT2D eigenvalue weighted by Gasteiger charge is 2.06. The van der Waals surface area contributed by atoms with Gasteiger partial charge in [-0.25, -0.2) is 9.59 Å². The first-order chi connectivity index (χ1) is 10.6. The van der Waals surface area contributed by atoms with Crippen molar-refractivity contribution in [3.8, 4) is 0 Å². The van der Waals surface area contributed by atoms with Crippen LogP contribution in [0.1, 0.15) is 38.0 Å². The molecule has 1 rings (SSSR count). The monoisotopic (exact) mass is 329 g/mol. The van der Waals surface area contributed by atoms with Gasteiger partial charge in [-0.2, -0.15) is 0 Å². The van der Waals surface area contributed by atoms with Crippen molar-refractivity contribution in [2.45, 2.75) is 45.8 Å². The van der Waals surface area contributed by atoms with Crippen LogP contribution in [0.2, 0.25) is 0 Å². The number of thiazole rings is 1. The van der Waals surface area contributed by atoms with Crippen LogP contribution in [0.15, 0.2) is 11.7 Å². The van der Waals surface area contributed by atoms with Crippen LogP contribution in [0.5, 0.6) is 0 Å². The number of nitrogens with one attached hydrogen (secondary N) is 2. The number of amides is 2. The van der Waals surface area contributed by atoms with Crippen LogP contribution in [0.3, 0.4) is 0 Å². The number of ether oxygens (including phenoxy) is 2. The molecule has 0 bridgehead atoms. The van der Waals surface area contributed by atoms with E-state index in [4.69, 9.17) is 9.47 Å². The van der Waals surface area contributed by atoms with E-state index in [0.717, 1.165) is 24.1 Å². The molecule has 2 N–H and O–H groups in total. The van der Waals surface area contributed by atoms with Gasteiger partial charge in [-0.05, 0) is 26.2 Å². The van der Waals surface area contributed by atoms with Crippen LogP contribution in [0.4, 0.5) is 9.59 Å². The first-order valence-electron chi connectivity index (χ1n) is 7.34. The summed E-state index contributed by atoms with van der Waals surface area (Å²) in [6, 6.07) is 0. The van der Waals surface area contributed by atoms with Gasteiger partial charge in [0, 0.05) is 19.3 Å². The number of hydrogen-bond acceptors (Lipinski definition) is 6. The molecule has 1 aromatic rings. The van der Waals surface area contributed by atoms with Crippen LogP contribution in [-0.4, -0.2) is 36.4 Å². The van der Waals surface area contributed by atoms with Crippen LogP contribution in [0, 0.1) is 0 Å². The highest BCUT2D eigenvalue weighted by Crippen LogP contribution is 2.06. The fourth-order valence-corrected chi connectivity index (χ4v) is 1.95. The van der Waals surface area contributed by atoms with Crippen molar-refractivity contribution < 1.29 is 19.1 Å². The van der Waals surface area contributed by atoms with E-state index in [-0.39, 0.29) is 12.7 Å². The van der Waals surface area contributed by atoms with Crippen LogP contribution < -0.4 is 10.6 Å². The number of nitrogens with zero attached hydrogens (tertiary/aromatic N) is 1. The molecule has 22 heavy (non-hydrogen) atoms. The zero-order valence-corrected chi connectivity index (χ0v) is 13.8. The highest BCUT2D eigenvalue weighted by molar-refractivity contribution is 7.09. The Morgan fingerprint density at radius 1 is 1.27 bits per heavy atom. The molecule has 124 valence electrons. The maximum Gasteiger partial charge on any atom is 0.407 e. The van der Waals surface area contributed by atoms with Gasteiger partial charge in [0.25, 0.3) is 0 Å². The lowest BCUT2D eigenvalue weighted by molar-refractivity contribution is 0.105. The minimum absolute atomic E-state index is 0.0741. The Hall–Kier alpha value is -1.83. The van der Waals surface area contributed by atoms with Gasteiger partial charge in [0.2, 0.25) is 0 Å². The second kappa shape index (κ2) is 10.8. The number of carbonyl (C=O) groups is 2. The Balaban J connectivity index is 1.94. The van der Waals surface area contributed by atoms with Crippen LogP contribution in [-0.2, 0) is 16.1 Å². The van der Waals surface area contributed by atoms with Crippen molar-refractivity contribution in [3.63, 3.8) is 0 Å². The quantitative estimate of drug-likeness (QED) is 0.680. The molecule has 0 saturated carbocycles. The maximum atomic E-state index is 11.4. The minimum atomic E-state index is -0.447. The van der Waals surface area contributed by atoms with Gasteiger partial charge in [-0.1, -0.05) is 6.92 Å². The third kappa shape index (κ3) is 8.46. The molecular formula is C14H23N3O4S. The topological polar surface area (TPSA) is 89.6 Å². The molecule has 0 aliphatic heterocycles. The molecule has 2 amide bonds. The highest BCUT2D eigenvalue weighted by atomic mass is 32.1. The third-order valence-corrected chi connectivity index (χ3v) is 3.61. The van der Waals surface area contributed by atoms with Gasteiger partial charge in [0.1, 0.15) is 12.7 Å². The standard InChI is InChI=1S/C14H23N3O4S/c1-3-11(2)21-14(19)17-7-5-4-6-16-13(18)20-9-12-8-15-10-22-12/h8,10-11H,3-7,9H2,1-2H3,(H,16,18)(H,17,19).